The van der Waals surface area contributed by atoms with Crippen LogP contribution in [0.1, 0.15) is 45.2 Å². The van der Waals surface area contributed by atoms with Crippen molar-refractivity contribution in [1.82, 2.24) is 5.32 Å². The molecule has 0 unspecified atom stereocenters. The molecule has 2 aromatic carbocycles. The van der Waals surface area contributed by atoms with Crippen LogP contribution in [0.4, 0.5) is 0 Å². The van der Waals surface area contributed by atoms with Gasteiger partial charge in [0.2, 0.25) is 0 Å². The molecule has 1 N–H and O–H groups in total. The lowest BCUT2D eigenvalue weighted by atomic mass is 10.0. The van der Waals surface area contributed by atoms with Gasteiger partial charge in [-0.15, -0.1) is 0 Å². The van der Waals surface area contributed by atoms with E-state index in [-0.39, 0.29) is 5.54 Å². The Kier molecular flexibility index (Phi) is 7.33. The standard InChI is InChI=1S/C21H28BrNO2/c1-5-21(3,4)23-14-17-12-19(24-6-2)20(13-18(17)22)25-15-16-10-8-7-9-11-16/h7-13,23H,5-6,14-15H2,1-4H3. The first-order valence-corrected chi connectivity index (χ1v) is 9.61. The molecule has 0 spiro atoms. The van der Waals surface area contributed by atoms with E-state index in [0.29, 0.717) is 13.2 Å². The van der Waals surface area contributed by atoms with Crippen LogP contribution in [0.2, 0.25) is 0 Å². The van der Waals surface area contributed by atoms with E-state index in [9.17, 15) is 0 Å². The van der Waals surface area contributed by atoms with Crippen LogP contribution >= 0.6 is 15.9 Å². The highest BCUT2D eigenvalue weighted by Gasteiger charge is 2.16. The van der Waals surface area contributed by atoms with Crippen LogP contribution < -0.4 is 14.8 Å². The minimum absolute atomic E-state index is 0.105. The smallest absolute Gasteiger partial charge is 0.162 e. The van der Waals surface area contributed by atoms with Crippen LogP contribution in [-0.4, -0.2) is 12.1 Å². The van der Waals surface area contributed by atoms with Crippen molar-refractivity contribution >= 4 is 15.9 Å². The SMILES string of the molecule is CCOc1cc(CNC(C)(C)CC)c(Br)cc1OCc1ccccc1. The molecule has 0 atom stereocenters. The van der Waals surface area contributed by atoms with Crippen LogP contribution in [0.15, 0.2) is 46.9 Å². The highest BCUT2D eigenvalue weighted by molar-refractivity contribution is 9.10. The zero-order valence-electron chi connectivity index (χ0n) is 15.6. The third kappa shape index (κ3) is 6.05. The molecule has 0 aromatic heterocycles. The maximum absolute atomic E-state index is 6.00. The molecule has 2 aromatic rings. The van der Waals surface area contributed by atoms with Crippen LogP contribution in [0.3, 0.4) is 0 Å². The first-order chi connectivity index (χ1) is 11.9. The number of hydrogen-bond donors (Lipinski definition) is 1. The lowest BCUT2D eigenvalue weighted by Crippen LogP contribution is -2.37. The van der Waals surface area contributed by atoms with Gasteiger partial charge in [-0.2, -0.15) is 0 Å². The Morgan fingerprint density at radius 3 is 2.32 bits per heavy atom. The summed E-state index contributed by atoms with van der Waals surface area (Å²) in [5.41, 5.74) is 2.40. The molecule has 0 saturated carbocycles. The third-order valence-corrected chi connectivity index (χ3v) is 5.03. The maximum atomic E-state index is 6.00. The van der Waals surface area contributed by atoms with Crippen molar-refractivity contribution < 1.29 is 9.47 Å². The van der Waals surface area contributed by atoms with E-state index >= 15 is 0 Å². The van der Waals surface area contributed by atoms with E-state index in [1.807, 2.05) is 31.2 Å². The van der Waals surface area contributed by atoms with Crippen molar-refractivity contribution in [3.63, 3.8) is 0 Å². The normalized spacial score (nSPS) is 11.4. The van der Waals surface area contributed by atoms with Gasteiger partial charge >= 0.3 is 0 Å². The molecule has 0 amide bonds. The van der Waals surface area contributed by atoms with Crippen molar-refractivity contribution in [3.05, 3.63) is 58.1 Å². The van der Waals surface area contributed by atoms with Crippen LogP contribution in [0.25, 0.3) is 0 Å². The summed E-state index contributed by atoms with van der Waals surface area (Å²) < 4.78 is 12.8. The minimum Gasteiger partial charge on any atom is -0.490 e. The van der Waals surface area contributed by atoms with Crippen LogP contribution in [0, 0.1) is 0 Å². The first-order valence-electron chi connectivity index (χ1n) is 8.82. The molecule has 0 saturated heterocycles. The molecule has 0 aliphatic carbocycles. The van der Waals surface area contributed by atoms with Crippen molar-refractivity contribution in [1.29, 1.82) is 0 Å². The molecule has 4 heteroatoms. The van der Waals surface area contributed by atoms with Crippen LogP contribution in [0.5, 0.6) is 11.5 Å². The van der Waals surface area contributed by atoms with Gasteiger partial charge in [-0.05, 0) is 50.5 Å². The predicted octanol–water partition coefficient (Wildman–Crippen LogP) is 5.71. The lowest BCUT2D eigenvalue weighted by Gasteiger charge is -2.25. The lowest BCUT2D eigenvalue weighted by molar-refractivity contribution is 0.268. The fourth-order valence-electron chi connectivity index (χ4n) is 2.29. The Morgan fingerprint density at radius 2 is 1.68 bits per heavy atom. The number of hydrogen-bond acceptors (Lipinski definition) is 3. The highest BCUT2D eigenvalue weighted by atomic mass is 79.9. The van der Waals surface area contributed by atoms with Gasteiger partial charge in [0, 0.05) is 16.6 Å². The van der Waals surface area contributed by atoms with E-state index < -0.39 is 0 Å². The van der Waals surface area contributed by atoms with Crippen molar-refractivity contribution in [2.45, 2.75) is 52.8 Å². The third-order valence-electron chi connectivity index (χ3n) is 4.29. The Hall–Kier alpha value is -1.52. The summed E-state index contributed by atoms with van der Waals surface area (Å²) in [5.74, 6) is 1.55. The van der Waals surface area contributed by atoms with E-state index in [2.05, 4.69) is 60.2 Å². The summed E-state index contributed by atoms with van der Waals surface area (Å²) in [6.45, 7) is 10.5. The van der Waals surface area contributed by atoms with Gasteiger partial charge in [-0.1, -0.05) is 53.2 Å². The van der Waals surface area contributed by atoms with Gasteiger partial charge in [0.1, 0.15) is 6.61 Å². The molecule has 0 radical (unpaired) electrons. The molecule has 0 aliphatic heterocycles. The second kappa shape index (κ2) is 9.25. The second-order valence-corrected chi connectivity index (χ2v) is 7.54. The summed E-state index contributed by atoms with van der Waals surface area (Å²) in [4.78, 5) is 0. The van der Waals surface area contributed by atoms with Crippen molar-refractivity contribution in [2.24, 2.45) is 0 Å². The van der Waals surface area contributed by atoms with Crippen molar-refractivity contribution in [3.8, 4) is 11.5 Å². The number of halogens is 1. The van der Waals surface area contributed by atoms with Gasteiger partial charge in [0.15, 0.2) is 11.5 Å². The van der Waals surface area contributed by atoms with Gasteiger partial charge in [-0.3, -0.25) is 0 Å². The number of nitrogens with one attached hydrogen (secondary N) is 1. The fourth-order valence-corrected chi connectivity index (χ4v) is 2.75. The summed E-state index contributed by atoms with van der Waals surface area (Å²) in [6, 6.07) is 14.2. The molecule has 0 heterocycles. The van der Waals surface area contributed by atoms with E-state index in [1.54, 1.807) is 0 Å². The van der Waals surface area contributed by atoms with Gasteiger partial charge in [0.05, 0.1) is 6.61 Å². The largest absolute Gasteiger partial charge is 0.490 e. The molecule has 25 heavy (non-hydrogen) atoms. The second-order valence-electron chi connectivity index (χ2n) is 6.69. The predicted molar refractivity (Wildman–Crippen MR) is 107 cm³/mol. The minimum atomic E-state index is 0.105. The molecule has 136 valence electrons. The monoisotopic (exact) mass is 405 g/mol. The summed E-state index contributed by atoms with van der Waals surface area (Å²) >= 11 is 3.67. The van der Waals surface area contributed by atoms with E-state index in [0.717, 1.165) is 40.1 Å². The van der Waals surface area contributed by atoms with Gasteiger partial charge in [-0.25, -0.2) is 0 Å². The zero-order chi connectivity index (χ0) is 18.3. The topological polar surface area (TPSA) is 30.5 Å². The molecule has 0 bridgehead atoms. The molecule has 3 nitrogen and oxygen atoms in total. The summed E-state index contributed by atoms with van der Waals surface area (Å²) in [7, 11) is 0. The summed E-state index contributed by atoms with van der Waals surface area (Å²) in [6.07, 6.45) is 1.07. The molecule has 0 aliphatic rings. The van der Waals surface area contributed by atoms with Crippen LogP contribution in [-0.2, 0) is 13.2 Å². The number of ether oxygens (including phenoxy) is 2. The average molecular weight is 406 g/mol. The Bertz CT molecular complexity index is 671. The maximum Gasteiger partial charge on any atom is 0.162 e. The number of rotatable bonds is 9. The quantitative estimate of drug-likeness (QED) is 0.579. The number of benzene rings is 2. The Balaban J connectivity index is 2.15. The molecular weight excluding hydrogens is 378 g/mol. The average Bonchev–Trinajstić information content (AvgIpc) is 2.61. The Morgan fingerprint density at radius 1 is 1.00 bits per heavy atom. The molecule has 0 fully saturated rings. The summed E-state index contributed by atoms with van der Waals surface area (Å²) in [5, 5.41) is 3.59. The van der Waals surface area contributed by atoms with Crippen molar-refractivity contribution in [2.75, 3.05) is 6.61 Å². The molecule has 2 rings (SSSR count). The Labute approximate surface area is 159 Å². The highest BCUT2D eigenvalue weighted by Crippen LogP contribution is 2.34. The van der Waals surface area contributed by atoms with E-state index in [1.165, 1.54) is 0 Å². The van der Waals surface area contributed by atoms with Gasteiger partial charge in [0.25, 0.3) is 0 Å². The molecular formula is C21H28BrNO2. The first kappa shape index (κ1) is 19.8. The van der Waals surface area contributed by atoms with E-state index in [4.69, 9.17) is 9.47 Å². The fraction of sp³-hybridized carbons (Fsp3) is 0.429. The van der Waals surface area contributed by atoms with Gasteiger partial charge < -0.3 is 14.8 Å². The zero-order valence-corrected chi connectivity index (χ0v) is 17.2.